The predicted octanol–water partition coefficient (Wildman–Crippen LogP) is 4.38. The first-order chi connectivity index (χ1) is 16.6. The van der Waals surface area contributed by atoms with Gasteiger partial charge in [0.05, 0.1) is 44.5 Å². The Balaban J connectivity index is 1.74. The zero-order valence-electron chi connectivity index (χ0n) is 19.1. The van der Waals surface area contributed by atoms with Gasteiger partial charge in [-0.15, -0.1) is 0 Å². The molecule has 7 nitrogen and oxygen atoms in total. The maximum atomic E-state index is 13.7. The van der Waals surface area contributed by atoms with Crippen LogP contribution in [0, 0.1) is 6.92 Å². The SMILES string of the molecule is CC(=O)N[C@@H]1Cc2ncc(CC(=O)c3c(Cl)cccc3Cl)cc2N(S(=O)(=O)c2cccc(C)c2)C1. The van der Waals surface area contributed by atoms with Crippen molar-refractivity contribution in [1.82, 2.24) is 10.3 Å². The summed E-state index contributed by atoms with van der Waals surface area (Å²) in [4.78, 5) is 29.3. The number of amides is 1. The highest BCUT2D eigenvalue weighted by Gasteiger charge is 2.35. The number of hydrogen-bond acceptors (Lipinski definition) is 5. The van der Waals surface area contributed by atoms with Gasteiger partial charge < -0.3 is 5.32 Å². The third kappa shape index (κ3) is 5.34. The molecule has 1 aromatic heterocycles. The van der Waals surface area contributed by atoms with Gasteiger partial charge in [0, 0.05) is 26.0 Å². The maximum Gasteiger partial charge on any atom is 0.264 e. The monoisotopic (exact) mass is 531 g/mol. The van der Waals surface area contributed by atoms with Crippen LogP contribution in [0.1, 0.15) is 34.1 Å². The van der Waals surface area contributed by atoms with Crippen LogP contribution >= 0.6 is 23.2 Å². The van der Waals surface area contributed by atoms with Crippen LogP contribution in [0.3, 0.4) is 0 Å². The summed E-state index contributed by atoms with van der Waals surface area (Å²) in [6.07, 6.45) is 1.84. The molecule has 182 valence electrons. The Morgan fingerprint density at radius 1 is 1.11 bits per heavy atom. The van der Waals surface area contributed by atoms with Crippen molar-refractivity contribution in [3.8, 4) is 0 Å². The van der Waals surface area contributed by atoms with Crippen molar-refractivity contribution < 1.29 is 18.0 Å². The highest BCUT2D eigenvalue weighted by molar-refractivity contribution is 7.92. The molecule has 0 radical (unpaired) electrons. The molecule has 3 aromatic rings. The molecule has 2 heterocycles. The van der Waals surface area contributed by atoms with Crippen LogP contribution in [-0.4, -0.2) is 37.7 Å². The van der Waals surface area contributed by atoms with E-state index in [4.69, 9.17) is 23.2 Å². The summed E-state index contributed by atoms with van der Waals surface area (Å²) in [5, 5.41) is 3.29. The maximum absolute atomic E-state index is 13.7. The molecule has 2 aromatic carbocycles. The standard InChI is InChI=1S/C25H23Cl2N3O4S/c1-15-5-3-6-19(9-15)35(33,34)30-14-18(29-16(2)31)12-22-23(30)10-17(13-28-22)11-24(32)25-20(26)7-4-8-21(25)27/h3-10,13,18H,11-12,14H2,1-2H3,(H,29,31)/t18-/m1/s1. The van der Waals surface area contributed by atoms with Gasteiger partial charge in [-0.2, -0.15) is 0 Å². The second-order valence-corrected chi connectivity index (χ2v) is 11.1. The number of nitrogens with zero attached hydrogens (tertiary/aromatic N) is 2. The number of hydrogen-bond donors (Lipinski definition) is 1. The van der Waals surface area contributed by atoms with Gasteiger partial charge in [-0.25, -0.2) is 8.42 Å². The highest BCUT2D eigenvalue weighted by Crippen LogP contribution is 2.33. The molecular formula is C25H23Cl2N3O4S. The Hall–Kier alpha value is -2.94. The lowest BCUT2D eigenvalue weighted by molar-refractivity contribution is -0.119. The van der Waals surface area contributed by atoms with Crippen LogP contribution < -0.4 is 9.62 Å². The number of rotatable bonds is 6. The van der Waals surface area contributed by atoms with Crippen LogP contribution in [0.5, 0.6) is 0 Å². The van der Waals surface area contributed by atoms with Crippen LogP contribution in [-0.2, 0) is 27.7 Å². The molecule has 0 saturated heterocycles. The third-order valence-corrected chi connectivity index (χ3v) is 8.10. The van der Waals surface area contributed by atoms with Crippen LogP contribution in [0.25, 0.3) is 0 Å². The van der Waals surface area contributed by atoms with Crippen molar-refractivity contribution in [2.24, 2.45) is 0 Å². The topological polar surface area (TPSA) is 96.4 Å². The number of anilines is 1. The second kappa shape index (κ2) is 9.97. The largest absolute Gasteiger partial charge is 0.351 e. The van der Waals surface area contributed by atoms with Crippen molar-refractivity contribution in [1.29, 1.82) is 0 Å². The number of pyridine rings is 1. The molecule has 0 spiro atoms. The van der Waals surface area contributed by atoms with Crippen molar-refractivity contribution >= 4 is 50.6 Å². The summed E-state index contributed by atoms with van der Waals surface area (Å²) in [6.45, 7) is 3.24. The Labute approximate surface area is 214 Å². The van der Waals surface area contributed by atoms with Gasteiger partial charge in [-0.05, 0) is 48.4 Å². The number of fused-ring (bicyclic) bond motifs is 1. The minimum Gasteiger partial charge on any atom is -0.351 e. The van der Waals surface area contributed by atoms with E-state index in [1.807, 2.05) is 13.0 Å². The Morgan fingerprint density at radius 3 is 2.46 bits per heavy atom. The summed E-state index contributed by atoms with van der Waals surface area (Å²) < 4.78 is 28.6. The minimum atomic E-state index is -3.96. The Morgan fingerprint density at radius 2 is 1.80 bits per heavy atom. The van der Waals surface area contributed by atoms with E-state index in [0.717, 1.165) is 5.56 Å². The van der Waals surface area contributed by atoms with E-state index >= 15 is 0 Å². The lowest BCUT2D eigenvalue weighted by atomic mass is 10.00. The van der Waals surface area contributed by atoms with Gasteiger partial charge in [0.25, 0.3) is 10.0 Å². The molecule has 1 atom stereocenters. The highest BCUT2D eigenvalue weighted by atomic mass is 35.5. The summed E-state index contributed by atoms with van der Waals surface area (Å²) >= 11 is 12.4. The first kappa shape index (κ1) is 25.2. The van der Waals surface area contributed by atoms with Gasteiger partial charge in [0.1, 0.15) is 0 Å². The van der Waals surface area contributed by atoms with Crippen molar-refractivity contribution in [2.75, 3.05) is 10.8 Å². The van der Waals surface area contributed by atoms with E-state index in [0.29, 0.717) is 23.4 Å². The number of benzene rings is 2. The fraction of sp³-hybridized carbons (Fsp3) is 0.240. The normalized spacial score (nSPS) is 15.4. The van der Waals surface area contributed by atoms with E-state index in [9.17, 15) is 18.0 Å². The van der Waals surface area contributed by atoms with E-state index in [1.165, 1.54) is 23.5 Å². The molecule has 4 rings (SSSR count). The summed E-state index contributed by atoms with van der Waals surface area (Å²) in [5.74, 6) is -0.562. The summed E-state index contributed by atoms with van der Waals surface area (Å²) in [5.41, 5.74) is 2.42. The van der Waals surface area contributed by atoms with Crippen molar-refractivity contribution in [3.63, 3.8) is 0 Å². The van der Waals surface area contributed by atoms with E-state index < -0.39 is 16.1 Å². The first-order valence-electron chi connectivity index (χ1n) is 10.9. The average Bonchev–Trinajstić information content (AvgIpc) is 2.78. The van der Waals surface area contributed by atoms with Crippen molar-refractivity contribution in [3.05, 3.63) is 87.2 Å². The van der Waals surface area contributed by atoms with Gasteiger partial charge in [-0.1, -0.05) is 41.4 Å². The molecule has 0 aliphatic carbocycles. The third-order valence-electron chi connectivity index (χ3n) is 5.69. The molecule has 35 heavy (non-hydrogen) atoms. The first-order valence-corrected chi connectivity index (χ1v) is 13.1. The molecular weight excluding hydrogens is 509 g/mol. The lowest BCUT2D eigenvalue weighted by Crippen LogP contribution is -2.50. The van der Waals surface area contributed by atoms with Gasteiger partial charge in [0.2, 0.25) is 5.91 Å². The fourth-order valence-electron chi connectivity index (χ4n) is 4.14. The van der Waals surface area contributed by atoms with Gasteiger partial charge in [0.15, 0.2) is 5.78 Å². The number of aromatic nitrogens is 1. The van der Waals surface area contributed by atoms with E-state index in [2.05, 4.69) is 10.3 Å². The second-order valence-electron chi connectivity index (χ2n) is 8.46. The van der Waals surface area contributed by atoms with Crippen LogP contribution in [0.2, 0.25) is 10.0 Å². The molecule has 0 saturated carbocycles. The average molecular weight is 532 g/mol. The molecule has 1 aliphatic rings. The minimum absolute atomic E-state index is 0.0400. The predicted molar refractivity (Wildman–Crippen MR) is 136 cm³/mol. The fourth-order valence-corrected chi connectivity index (χ4v) is 6.38. The smallest absolute Gasteiger partial charge is 0.264 e. The number of aryl methyl sites for hydroxylation is 1. The van der Waals surface area contributed by atoms with Crippen LogP contribution in [0.15, 0.2) is 59.6 Å². The Bertz CT molecular complexity index is 1410. The summed E-state index contributed by atoms with van der Waals surface area (Å²) in [7, 11) is -3.96. The molecule has 0 fully saturated rings. The number of Topliss-reactive ketones (excluding diaryl/α,β-unsaturated/α-hetero) is 1. The van der Waals surface area contributed by atoms with E-state index in [-0.39, 0.29) is 45.2 Å². The summed E-state index contributed by atoms with van der Waals surface area (Å²) in [6, 6.07) is 12.7. The zero-order chi connectivity index (χ0) is 25.3. The Kier molecular flexibility index (Phi) is 7.17. The van der Waals surface area contributed by atoms with E-state index in [1.54, 1.807) is 36.4 Å². The number of sulfonamides is 1. The molecule has 1 amide bonds. The number of carbonyl (C=O) groups excluding carboxylic acids is 2. The van der Waals surface area contributed by atoms with Crippen molar-refractivity contribution in [2.45, 2.75) is 37.6 Å². The molecule has 0 bridgehead atoms. The quantitative estimate of drug-likeness (QED) is 0.476. The number of ketones is 1. The molecule has 1 N–H and O–H groups in total. The van der Waals surface area contributed by atoms with Crippen LogP contribution in [0.4, 0.5) is 5.69 Å². The molecule has 0 unspecified atom stereocenters. The number of nitrogens with one attached hydrogen (secondary N) is 1. The molecule has 1 aliphatic heterocycles. The van der Waals surface area contributed by atoms with Gasteiger partial charge in [-0.3, -0.25) is 18.9 Å². The lowest BCUT2D eigenvalue weighted by Gasteiger charge is -2.35. The van der Waals surface area contributed by atoms with Gasteiger partial charge >= 0.3 is 0 Å². The number of carbonyl (C=O) groups is 2. The zero-order valence-corrected chi connectivity index (χ0v) is 21.4. The number of halogens is 2. The molecule has 10 heteroatoms.